The lowest BCUT2D eigenvalue weighted by Gasteiger charge is -2.34. The lowest BCUT2D eigenvalue weighted by molar-refractivity contribution is 0.105. The Morgan fingerprint density at radius 2 is 1.89 bits per heavy atom. The smallest absolute Gasteiger partial charge is 0.409 e. The van der Waals surface area contributed by atoms with Crippen LogP contribution in [0.2, 0.25) is 0 Å². The van der Waals surface area contributed by atoms with E-state index in [0.29, 0.717) is 44.7 Å². The highest BCUT2D eigenvalue weighted by atomic mass is 16.6. The number of anilines is 3. The molecule has 0 radical (unpaired) electrons. The van der Waals surface area contributed by atoms with Crippen LogP contribution in [0.25, 0.3) is 0 Å². The quantitative estimate of drug-likeness (QED) is 0.866. The van der Waals surface area contributed by atoms with Crippen molar-refractivity contribution in [3.8, 4) is 0 Å². The van der Waals surface area contributed by atoms with Crippen molar-refractivity contribution in [3.63, 3.8) is 0 Å². The van der Waals surface area contributed by atoms with Gasteiger partial charge in [-0.25, -0.2) is 4.79 Å². The van der Waals surface area contributed by atoms with Crippen molar-refractivity contribution in [1.29, 1.82) is 0 Å². The van der Waals surface area contributed by atoms with Gasteiger partial charge in [-0.1, -0.05) is 26.0 Å². The maximum absolute atomic E-state index is 11.8. The van der Waals surface area contributed by atoms with Gasteiger partial charge in [-0.05, 0) is 30.5 Å². The molecule has 3 rings (SSSR count). The van der Waals surface area contributed by atoms with Crippen LogP contribution in [0.3, 0.4) is 0 Å². The molecule has 1 aliphatic heterocycles. The number of aromatic nitrogens is 3. The van der Waals surface area contributed by atoms with Crippen LogP contribution in [0, 0.1) is 0 Å². The van der Waals surface area contributed by atoms with Gasteiger partial charge in [0.15, 0.2) is 5.82 Å². The van der Waals surface area contributed by atoms with E-state index in [2.05, 4.69) is 51.4 Å². The van der Waals surface area contributed by atoms with E-state index in [9.17, 15) is 4.79 Å². The van der Waals surface area contributed by atoms with Gasteiger partial charge in [-0.3, -0.25) is 0 Å². The summed E-state index contributed by atoms with van der Waals surface area (Å²) in [5, 5.41) is 11.3. The average molecular weight is 370 g/mol. The third-order valence-corrected chi connectivity index (χ3v) is 4.51. The fourth-order valence-corrected chi connectivity index (χ4v) is 2.91. The van der Waals surface area contributed by atoms with Gasteiger partial charge in [0.05, 0.1) is 12.8 Å². The number of carbonyl (C=O) groups excluding carboxylic acids is 1. The highest BCUT2D eigenvalue weighted by Crippen LogP contribution is 2.20. The van der Waals surface area contributed by atoms with E-state index in [-0.39, 0.29) is 6.09 Å². The van der Waals surface area contributed by atoms with Gasteiger partial charge in [0, 0.05) is 31.9 Å². The topological polar surface area (TPSA) is 83.5 Å². The monoisotopic (exact) mass is 370 g/mol. The van der Waals surface area contributed by atoms with E-state index in [4.69, 9.17) is 4.74 Å². The summed E-state index contributed by atoms with van der Waals surface area (Å²) in [5.41, 5.74) is 2.21. The van der Waals surface area contributed by atoms with Crippen LogP contribution in [0.1, 0.15) is 32.3 Å². The summed E-state index contributed by atoms with van der Waals surface area (Å²) in [6.07, 6.45) is 1.39. The maximum Gasteiger partial charge on any atom is 0.409 e. The molecule has 0 atom stereocenters. The fourth-order valence-electron chi connectivity index (χ4n) is 2.91. The van der Waals surface area contributed by atoms with Gasteiger partial charge in [-0.15, -0.1) is 5.10 Å². The number of piperazine rings is 1. The predicted octanol–water partition coefficient (Wildman–Crippen LogP) is 3.02. The molecule has 1 aromatic carbocycles. The molecule has 1 N–H and O–H groups in total. The highest BCUT2D eigenvalue weighted by molar-refractivity contribution is 5.68. The number of benzene rings is 1. The van der Waals surface area contributed by atoms with Crippen molar-refractivity contribution in [1.82, 2.24) is 20.1 Å². The summed E-state index contributed by atoms with van der Waals surface area (Å²) in [7, 11) is 0. The molecule has 1 aliphatic rings. The first kappa shape index (κ1) is 18.9. The number of rotatable bonds is 5. The summed E-state index contributed by atoms with van der Waals surface area (Å²) in [5.74, 6) is 1.70. The highest BCUT2D eigenvalue weighted by Gasteiger charge is 2.23. The van der Waals surface area contributed by atoms with Crippen LogP contribution >= 0.6 is 0 Å². The second kappa shape index (κ2) is 8.66. The number of ether oxygens (including phenoxy) is 1. The molecule has 144 valence electrons. The number of nitrogens with zero attached hydrogens (tertiary/aromatic N) is 5. The molecule has 1 fully saturated rings. The van der Waals surface area contributed by atoms with Crippen molar-refractivity contribution >= 4 is 23.5 Å². The zero-order valence-electron chi connectivity index (χ0n) is 16.1. The standard InChI is InChI=1S/C19H26N6O2/c1-4-27-19(26)25-11-9-24(10-12-25)17-13-20-23-18(22-17)21-16-7-5-15(6-8-16)14(2)3/h5-8,13-14H,4,9-12H2,1-3H3,(H,21,22,23). The van der Waals surface area contributed by atoms with Gasteiger partial charge in [0.2, 0.25) is 5.95 Å². The molecule has 27 heavy (non-hydrogen) atoms. The van der Waals surface area contributed by atoms with Crippen LogP contribution in [0.5, 0.6) is 0 Å². The SMILES string of the molecule is CCOC(=O)N1CCN(c2cnnc(Nc3ccc(C(C)C)cc3)n2)CC1. The van der Waals surface area contributed by atoms with Crippen LogP contribution in [0.4, 0.5) is 22.2 Å². The van der Waals surface area contributed by atoms with Crippen molar-refractivity contribution in [2.45, 2.75) is 26.7 Å². The number of carbonyl (C=O) groups is 1. The first-order chi connectivity index (χ1) is 13.1. The minimum Gasteiger partial charge on any atom is -0.450 e. The number of amides is 1. The van der Waals surface area contributed by atoms with Crippen LogP contribution < -0.4 is 10.2 Å². The molecule has 8 heteroatoms. The molecule has 8 nitrogen and oxygen atoms in total. The minimum absolute atomic E-state index is 0.259. The lowest BCUT2D eigenvalue weighted by atomic mass is 10.0. The van der Waals surface area contributed by atoms with Crippen LogP contribution in [-0.4, -0.2) is 59.0 Å². The molecule has 0 aliphatic carbocycles. The molecule has 2 heterocycles. The third-order valence-electron chi connectivity index (χ3n) is 4.51. The first-order valence-corrected chi connectivity index (χ1v) is 9.30. The molecule has 1 amide bonds. The molecule has 0 bridgehead atoms. The van der Waals surface area contributed by atoms with Gasteiger partial charge >= 0.3 is 6.09 Å². The molecule has 1 saturated heterocycles. The number of hydrogen-bond acceptors (Lipinski definition) is 7. The molecule has 1 aromatic heterocycles. The summed E-state index contributed by atoms with van der Waals surface area (Å²) < 4.78 is 5.05. The van der Waals surface area contributed by atoms with E-state index in [1.54, 1.807) is 11.1 Å². The Kier molecular flexibility index (Phi) is 6.05. The minimum atomic E-state index is -0.259. The Morgan fingerprint density at radius 1 is 1.19 bits per heavy atom. The zero-order chi connectivity index (χ0) is 19.2. The van der Waals surface area contributed by atoms with Crippen LogP contribution in [0.15, 0.2) is 30.5 Å². The Hall–Kier alpha value is -2.90. The van der Waals surface area contributed by atoms with Gasteiger partial charge in [-0.2, -0.15) is 10.1 Å². The Balaban J connectivity index is 1.61. The van der Waals surface area contributed by atoms with Gasteiger partial charge < -0.3 is 19.9 Å². The largest absolute Gasteiger partial charge is 0.450 e. The predicted molar refractivity (Wildman–Crippen MR) is 104 cm³/mol. The Morgan fingerprint density at radius 3 is 2.52 bits per heavy atom. The van der Waals surface area contributed by atoms with Gasteiger partial charge in [0.1, 0.15) is 0 Å². The van der Waals surface area contributed by atoms with E-state index < -0.39 is 0 Å². The summed E-state index contributed by atoms with van der Waals surface area (Å²) in [6.45, 7) is 9.10. The summed E-state index contributed by atoms with van der Waals surface area (Å²) in [6, 6.07) is 8.23. The van der Waals surface area contributed by atoms with Crippen LogP contribution in [-0.2, 0) is 4.74 Å². The molecular formula is C19H26N6O2. The lowest BCUT2D eigenvalue weighted by Crippen LogP contribution is -2.49. The first-order valence-electron chi connectivity index (χ1n) is 9.30. The molecule has 0 saturated carbocycles. The second-order valence-corrected chi connectivity index (χ2v) is 6.71. The van der Waals surface area contributed by atoms with Crippen molar-refractivity contribution in [2.24, 2.45) is 0 Å². The molecule has 2 aromatic rings. The summed E-state index contributed by atoms with van der Waals surface area (Å²) >= 11 is 0. The van der Waals surface area contributed by atoms with E-state index in [1.807, 2.05) is 19.1 Å². The number of hydrogen-bond donors (Lipinski definition) is 1. The summed E-state index contributed by atoms with van der Waals surface area (Å²) in [4.78, 5) is 20.2. The van der Waals surface area contributed by atoms with Crippen molar-refractivity contribution in [2.75, 3.05) is 43.0 Å². The Bertz CT molecular complexity index is 757. The molecular weight excluding hydrogens is 344 g/mol. The molecule has 0 unspecified atom stereocenters. The number of nitrogens with one attached hydrogen (secondary N) is 1. The third kappa shape index (κ3) is 4.84. The van der Waals surface area contributed by atoms with Gasteiger partial charge in [0.25, 0.3) is 0 Å². The van der Waals surface area contributed by atoms with Crippen molar-refractivity contribution in [3.05, 3.63) is 36.0 Å². The average Bonchev–Trinajstić information content (AvgIpc) is 2.69. The van der Waals surface area contributed by atoms with E-state index >= 15 is 0 Å². The molecule has 0 spiro atoms. The maximum atomic E-state index is 11.8. The van der Waals surface area contributed by atoms with Crippen molar-refractivity contribution < 1.29 is 9.53 Å². The van der Waals surface area contributed by atoms with E-state index in [0.717, 1.165) is 11.5 Å². The normalized spacial score (nSPS) is 14.4. The Labute approximate surface area is 159 Å². The fraction of sp³-hybridized carbons (Fsp3) is 0.474. The van der Waals surface area contributed by atoms with E-state index in [1.165, 1.54) is 5.56 Å². The second-order valence-electron chi connectivity index (χ2n) is 6.71. The zero-order valence-corrected chi connectivity index (χ0v) is 16.1.